The van der Waals surface area contributed by atoms with E-state index in [9.17, 15) is 25.2 Å². The molecule has 0 amide bonds. The molecule has 0 radical (unpaired) electrons. The van der Waals surface area contributed by atoms with Crippen LogP contribution in [0.5, 0.6) is 11.5 Å². The Kier molecular flexibility index (Phi) is 6.48. The number of benzene rings is 1. The lowest BCUT2D eigenvalue weighted by Crippen LogP contribution is -2.20. The van der Waals surface area contributed by atoms with Crippen molar-refractivity contribution in [1.29, 1.82) is 0 Å². The maximum absolute atomic E-state index is 11.4. The first kappa shape index (κ1) is 20.0. The minimum absolute atomic E-state index is 0.0641. The highest BCUT2D eigenvalue weighted by molar-refractivity contribution is 5.87. The molecule has 142 valence electrons. The second-order valence-corrected chi connectivity index (χ2v) is 7.15. The van der Waals surface area contributed by atoms with Gasteiger partial charge in [-0.3, -0.25) is 0 Å². The van der Waals surface area contributed by atoms with E-state index in [1.165, 1.54) is 12.1 Å². The zero-order chi connectivity index (χ0) is 19.4. The lowest BCUT2D eigenvalue weighted by Gasteiger charge is -2.31. The molecule has 0 bridgehead atoms. The molecule has 0 aromatic heterocycles. The summed E-state index contributed by atoms with van der Waals surface area (Å²) in [4.78, 5) is 11.4. The quantitative estimate of drug-likeness (QED) is 0.540. The van der Waals surface area contributed by atoms with Gasteiger partial charge in [0.25, 0.3) is 0 Å². The topological polar surface area (TPSA) is 98.0 Å². The van der Waals surface area contributed by atoms with E-state index in [1.54, 1.807) is 6.08 Å². The number of phenols is 2. The second kappa shape index (κ2) is 8.41. The summed E-state index contributed by atoms with van der Waals surface area (Å²) in [6.45, 7) is 7.88. The Hall–Kier alpha value is -2.27. The molecule has 0 fully saturated rings. The van der Waals surface area contributed by atoms with Crippen LogP contribution in [0.1, 0.15) is 69.1 Å². The third kappa shape index (κ3) is 4.28. The minimum atomic E-state index is -0.985. The van der Waals surface area contributed by atoms with Crippen LogP contribution >= 0.6 is 0 Å². The van der Waals surface area contributed by atoms with E-state index in [0.717, 1.165) is 18.4 Å². The van der Waals surface area contributed by atoms with Crippen molar-refractivity contribution in [3.8, 4) is 11.5 Å². The molecule has 1 aliphatic rings. The van der Waals surface area contributed by atoms with Crippen molar-refractivity contribution < 1.29 is 25.2 Å². The van der Waals surface area contributed by atoms with Gasteiger partial charge in [0.15, 0.2) is 0 Å². The van der Waals surface area contributed by atoms with Gasteiger partial charge in [-0.15, -0.1) is 0 Å². The summed E-state index contributed by atoms with van der Waals surface area (Å²) in [5, 5.41) is 40.6. The lowest BCUT2D eigenvalue weighted by molar-refractivity contribution is -0.133. The van der Waals surface area contributed by atoms with Gasteiger partial charge in [0, 0.05) is 17.1 Å². The number of hydrogen-bond acceptors (Lipinski definition) is 4. The summed E-state index contributed by atoms with van der Waals surface area (Å²) in [5.41, 5.74) is 1.91. The van der Waals surface area contributed by atoms with Gasteiger partial charge in [0.2, 0.25) is 0 Å². The molecule has 5 nitrogen and oxygen atoms in total. The van der Waals surface area contributed by atoms with Crippen LogP contribution in [-0.4, -0.2) is 26.4 Å². The highest BCUT2D eigenvalue weighted by Gasteiger charge is 2.32. The van der Waals surface area contributed by atoms with Gasteiger partial charge >= 0.3 is 5.97 Å². The van der Waals surface area contributed by atoms with E-state index in [2.05, 4.69) is 6.58 Å². The molecule has 1 aromatic rings. The highest BCUT2D eigenvalue weighted by Crippen LogP contribution is 2.47. The SMILES string of the molecule is C=C(C)[C@@H]1CCC(C(=O)O)=CC1c1c(O)cc(C(O)CCCC)cc1O. The fourth-order valence-corrected chi connectivity index (χ4v) is 3.66. The van der Waals surface area contributed by atoms with Crippen LogP contribution in [0.15, 0.2) is 35.9 Å². The minimum Gasteiger partial charge on any atom is -0.507 e. The average molecular weight is 360 g/mol. The molecule has 1 aromatic carbocycles. The van der Waals surface area contributed by atoms with Crippen LogP contribution in [0.3, 0.4) is 0 Å². The Morgan fingerprint density at radius 2 is 1.92 bits per heavy atom. The molecule has 2 unspecified atom stereocenters. The Morgan fingerprint density at radius 1 is 1.31 bits per heavy atom. The number of carbonyl (C=O) groups is 1. The molecule has 0 aliphatic heterocycles. The molecule has 1 aliphatic carbocycles. The Balaban J connectivity index is 2.46. The monoisotopic (exact) mass is 360 g/mol. The fraction of sp³-hybridized carbons (Fsp3) is 0.476. The van der Waals surface area contributed by atoms with Crippen LogP contribution in [0.4, 0.5) is 0 Å². The number of carboxylic acids is 1. The molecule has 0 saturated heterocycles. The van der Waals surface area contributed by atoms with Crippen molar-refractivity contribution in [3.63, 3.8) is 0 Å². The van der Waals surface area contributed by atoms with Crippen molar-refractivity contribution in [2.45, 2.75) is 58.0 Å². The van der Waals surface area contributed by atoms with Crippen LogP contribution < -0.4 is 0 Å². The molecule has 5 heteroatoms. The van der Waals surface area contributed by atoms with E-state index in [1.807, 2.05) is 13.8 Å². The summed E-state index contributed by atoms with van der Waals surface area (Å²) in [5.74, 6) is -1.77. The average Bonchev–Trinajstić information content (AvgIpc) is 2.58. The van der Waals surface area contributed by atoms with Gasteiger partial charge < -0.3 is 20.4 Å². The third-order valence-electron chi connectivity index (χ3n) is 5.15. The summed E-state index contributed by atoms with van der Waals surface area (Å²) in [7, 11) is 0. The van der Waals surface area contributed by atoms with Crippen molar-refractivity contribution in [2.24, 2.45) is 5.92 Å². The van der Waals surface area contributed by atoms with E-state index in [0.29, 0.717) is 30.4 Å². The zero-order valence-corrected chi connectivity index (χ0v) is 15.4. The molecule has 2 rings (SSSR count). The summed E-state index contributed by atoms with van der Waals surface area (Å²) < 4.78 is 0. The Bertz CT molecular complexity index is 696. The number of aliphatic hydroxyl groups is 1. The third-order valence-corrected chi connectivity index (χ3v) is 5.15. The molecule has 4 N–H and O–H groups in total. The van der Waals surface area contributed by atoms with Crippen molar-refractivity contribution in [2.75, 3.05) is 0 Å². The van der Waals surface area contributed by atoms with E-state index < -0.39 is 18.0 Å². The molecule has 0 saturated carbocycles. The number of hydrogen-bond donors (Lipinski definition) is 4. The van der Waals surface area contributed by atoms with Crippen LogP contribution in [0, 0.1) is 5.92 Å². The molecular formula is C21H28O5. The Labute approximate surface area is 154 Å². The molecule has 3 atom stereocenters. The molecular weight excluding hydrogens is 332 g/mol. The zero-order valence-electron chi connectivity index (χ0n) is 15.4. The van der Waals surface area contributed by atoms with Crippen molar-refractivity contribution >= 4 is 5.97 Å². The van der Waals surface area contributed by atoms with E-state index >= 15 is 0 Å². The number of aliphatic carboxylic acids is 1. The molecule has 26 heavy (non-hydrogen) atoms. The lowest BCUT2D eigenvalue weighted by atomic mass is 9.73. The number of aliphatic hydroxyl groups excluding tert-OH is 1. The fourth-order valence-electron chi connectivity index (χ4n) is 3.66. The first-order valence-electron chi connectivity index (χ1n) is 9.09. The second-order valence-electron chi connectivity index (χ2n) is 7.15. The first-order valence-corrected chi connectivity index (χ1v) is 9.09. The van der Waals surface area contributed by atoms with Crippen molar-refractivity contribution in [1.82, 2.24) is 0 Å². The van der Waals surface area contributed by atoms with Gasteiger partial charge in [-0.25, -0.2) is 4.79 Å². The van der Waals surface area contributed by atoms with Crippen LogP contribution in [0.25, 0.3) is 0 Å². The number of carboxylic acid groups (broad SMARTS) is 1. The van der Waals surface area contributed by atoms with Gasteiger partial charge in [-0.1, -0.05) is 38.0 Å². The normalized spacial score (nSPS) is 21.1. The van der Waals surface area contributed by atoms with Gasteiger partial charge in [0.05, 0.1) is 6.10 Å². The van der Waals surface area contributed by atoms with E-state index in [-0.39, 0.29) is 23.0 Å². The number of allylic oxidation sites excluding steroid dienone is 2. The van der Waals surface area contributed by atoms with Crippen LogP contribution in [0.2, 0.25) is 0 Å². The van der Waals surface area contributed by atoms with E-state index in [4.69, 9.17) is 0 Å². The predicted octanol–water partition coefficient (Wildman–Crippen LogP) is 4.40. The molecule has 0 heterocycles. The van der Waals surface area contributed by atoms with Gasteiger partial charge in [-0.05, 0) is 49.8 Å². The summed E-state index contributed by atoms with van der Waals surface area (Å²) >= 11 is 0. The van der Waals surface area contributed by atoms with Crippen LogP contribution in [-0.2, 0) is 4.79 Å². The Morgan fingerprint density at radius 3 is 2.42 bits per heavy atom. The predicted molar refractivity (Wildman–Crippen MR) is 100 cm³/mol. The molecule has 0 spiro atoms. The standard InChI is InChI=1S/C21H28O5/c1-4-5-6-17(22)14-10-18(23)20(19(24)11-14)16-9-13(21(25)26)7-8-15(16)12(2)3/h9-11,15-17,22-24H,2,4-8H2,1,3H3,(H,25,26)/t15-,16?,17?/m0/s1. The number of rotatable bonds is 7. The van der Waals surface area contributed by atoms with Gasteiger partial charge in [-0.2, -0.15) is 0 Å². The van der Waals surface area contributed by atoms with Crippen molar-refractivity contribution in [3.05, 3.63) is 47.1 Å². The number of phenolic OH excluding ortho intramolecular Hbond substituents is 2. The first-order chi connectivity index (χ1) is 12.3. The maximum atomic E-state index is 11.4. The summed E-state index contributed by atoms with van der Waals surface area (Å²) in [6, 6.07) is 2.93. The highest BCUT2D eigenvalue weighted by atomic mass is 16.4. The maximum Gasteiger partial charge on any atom is 0.331 e. The number of unbranched alkanes of at least 4 members (excludes halogenated alkanes) is 1. The summed E-state index contributed by atoms with van der Waals surface area (Å²) in [6.07, 6.45) is 4.21. The number of aromatic hydroxyl groups is 2. The smallest absolute Gasteiger partial charge is 0.331 e. The largest absolute Gasteiger partial charge is 0.507 e. The van der Waals surface area contributed by atoms with Gasteiger partial charge in [0.1, 0.15) is 11.5 Å².